The fourth-order valence-corrected chi connectivity index (χ4v) is 3.81. The molecule has 0 N–H and O–H groups in total. The van der Waals surface area contributed by atoms with Gasteiger partial charge in [0, 0.05) is 11.8 Å². The fourth-order valence-electron chi connectivity index (χ4n) is 2.78. The minimum Gasteiger partial charge on any atom is -0.491 e. The van der Waals surface area contributed by atoms with Crippen LogP contribution in [0.5, 0.6) is 5.75 Å². The molecule has 0 aliphatic rings. The van der Waals surface area contributed by atoms with Crippen LogP contribution in [0.4, 0.5) is 4.39 Å². The molecule has 0 saturated carbocycles. The Hall–Kier alpha value is -2.40. The Bertz CT molecular complexity index is 988. The number of alkyl halides is 1. The molecule has 2 heterocycles. The predicted octanol–water partition coefficient (Wildman–Crippen LogP) is 5.13. The number of hydrogen-bond acceptors (Lipinski definition) is 3. The molecule has 0 radical (unpaired) electrons. The van der Waals surface area contributed by atoms with Gasteiger partial charge >= 0.3 is 0 Å². The van der Waals surface area contributed by atoms with Crippen molar-refractivity contribution < 1.29 is 9.13 Å². The minimum atomic E-state index is -0.480. The van der Waals surface area contributed by atoms with Crippen LogP contribution in [0, 0.1) is 0 Å². The van der Waals surface area contributed by atoms with Gasteiger partial charge in [-0.05, 0) is 30.2 Å². The molecule has 0 fully saturated rings. The summed E-state index contributed by atoms with van der Waals surface area (Å²) >= 11 is 1.61. The topological polar surface area (TPSA) is 26.5 Å². The highest BCUT2D eigenvalue weighted by Crippen LogP contribution is 2.31. The molecular formula is C19H17FN2OS. The maximum absolute atomic E-state index is 12.2. The molecule has 0 saturated heterocycles. The van der Waals surface area contributed by atoms with E-state index >= 15 is 0 Å². The van der Waals surface area contributed by atoms with Gasteiger partial charge in [-0.2, -0.15) is 0 Å². The first-order chi connectivity index (χ1) is 11.8. The van der Waals surface area contributed by atoms with Crippen LogP contribution < -0.4 is 4.74 Å². The third kappa shape index (κ3) is 2.65. The number of fused-ring (bicyclic) bond motifs is 3. The van der Waals surface area contributed by atoms with Crippen LogP contribution in [0.15, 0.2) is 48.7 Å². The summed E-state index contributed by atoms with van der Waals surface area (Å²) in [4.78, 5) is 5.69. The van der Waals surface area contributed by atoms with E-state index in [-0.39, 0.29) is 6.61 Å². The molecule has 2 aromatic heterocycles. The van der Waals surface area contributed by atoms with Crippen LogP contribution in [0.2, 0.25) is 0 Å². The third-order valence-electron chi connectivity index (χ3n) is 4.07. The lowest BCUT2D eigenvalue weighted by Crippen LogP contribution is -1.98. The van der Waals surface area contributed by atoms with Crippen LogP contribution in [-0.2, 0) is 6.42 Å². The number of halogens is 1. The minimum absolute atomic E-state index is 0.0892. The van der Waals surface area contributed by atoms with E-state index in [2.05, 4.69) is 41.8 Å². The van der Waals surface area contributed by atoms with Gasteiger partial charge in [-0.25, -0.2) is 9.37 Å². The van der Waals surface area contributed by atoms with E-state index in [9.17, 15) is 4.39 Å². The van der Waals surface area contributed by atoms with E-state index in [1.54, 1.807) is 11.3 Å². The molecule has 24 heavy (non-hydrogen) atoms. The first-order valence-electron chi connectivity index (χ1n) is 7.98. The Morgan fingerprint density at radius 3 is 2.75 bits per heavy atom. The molecular weight excluding hydrogens is 323 g/mol. The summed E-state index contributed by atoms with van der Waals surface area (Å²) in [7, 11) is 0. The van der Waals surface area contributed by atoms with Crippen LogP contribution in [-0.4, -0.2) is 22.7 Å². The van der Waals surface area contributed by atoms with Crippen molar-refractivity contribution in [3.63, 3.8) is 0 Å². The zero-order valence-corrected chi connectivity index (χ0v) is 14.1. The van der Waals surface area contributed by atoms with Gasteiger partial charge < -0.3 is 4.74 Å². The first kappa shape index (κ1) is 15.1. The van der Waals surface area contributed by atoms with Gasteiger partial charge in [0.05, 0.1) is 15.9 Å². The van der Waals surface area contributed by atoms with E-state index in [1.807, 2.05) is 18.2 Å². The van der Waals surface area contributed by atoms with Crippen molar-refractivity contribution >= 4 is 26.5 Å². The SMILES string of the molecule is CCc1ccc(-c2cn3c(n2)sc2cc(OCCF)ccc23)cc1. The largest absolute Gasteiger partial charge is 0.491 e. The zero-order valence-electron chi connectivity index (χ0n) is 13.3. The lowest BCUT2D eigenvalue weighted by molar-refractivity contribution is 0.273. The monoisotopic (exact) mass is 340 g/mol. The van der Waals surface area contributed by atoms with Crippen molar-refractivity contribution in [2.24, 2.45) is 0 Å². The predicted molar refractivity (Wildman–Crippen MR) is 96.9 cm³/mol. The molecule has 0 bridgehead atoms. The fraction of sp³-hybridized carbons (Fsp3) is 0.211. The van der Waals surface area contributed by atoms with Crippen molar-refractivity contribution in [2.45, 2.75) is 13.3 Å². The zero-order chi connectivity index (χ0) is 16.5. The molecule has 122 valence electrons. The quantitative estimate of drug-likeness (QED) is 0.504. The maximum Gasteiger partial charge on any atom is 0.195 e. The van der Waals surface area contributed by atoms with E-state index in [4.69, 9.17) is 9.72 Å². The van der Waals surface area contributed by atoms with Gasteiger partial charge in [0.15, 0.2) is 4.96 Å². The highest BCUT2D eigenvalue weighted by molar-refractivity contribution is 7.23. The van der Waals surface area contributed by atoms with Crippen LogP contribution in [0.1, 0.15) is 12.5 Å². The van der Waals surface area contributed by atoms with E-state index in [0.29, 0.717) is 5.75 Å². The number of ether oxygens (including phenoxy) is 1. The Morgan fingerprint density at radius 1 is 1.17 bits per heavy atom. The molecule has 5 heteroatoms. The van der Waals surface area contributed by atoms with Gasteiger partial charge in [0.2, 0.25) is 0 Å². The van der Waals surface area contributed by atoms with Gasteiger partial charge in [0.25, 0.3) is 0 Å². The summed E-state index contributed by atoms with van der Waals surface area (Å²) in [5, 5.41) is 0. The molecule has 0 amide bonds. The molecule has 0 unspecified atom stereocenters. The van der Waals surface area contributed by atoms with Crippen molar-refractivity contribution in [2.75, 3.05) is 13.3 Å². The molecule has 4 aromatic rings. The summed E-state index contributed by atoms with van der Waals surface area (Å²) in [6.07, 6.45) is 3.10. The van der Waals surface area contributed by atoms with Gasteiger partial charge in [-0.3, -0.25) is 4.40 Å². The highest BCUT2D eigenvalue weighted by atomic mass is 32.1. The molecule has 2 aromatic carbocycles. The second-order valence-corrected chi connectivity index (χ2v) is 6.61. The number of nitrogens with zero attached hydrogens (tertiary/aromatic N) is 2. The Kier molecular flexibility index (Phi) is 3.94. The number of benzene rings is 2. The standard InChI is InChI=1S/C19H17FN2OS/c1-2-13-3-5-14(6-4-13)16-12-22-17-8-7-15(23-10-9-20)11-18(17)24-19(22)21-16/h3-8,11-12H,2,9-10H2,1H3. The average molecular weight is 340 g/mol. The van der Waals surface area contributed by atoms with Crippen LogP contribution in [0.25, 0.3) is 26.4 Å². The smallest absolute Gasteiger partial charge is 0.195 e. The normalized spacial score (nSPS) is 11.4. The van der Waals surface area contributed by atoms with Crippen LogP contribution >= 0.6 is 11.3 Å². The summed E-state index contributed by atoms with van der Waals surface area (Å²) in [6, 6.07) is 14.4. The number of thiazole rings is 1. The summed E-state index contributed by atoms with van der Waals surface area (Å²) < 4.78 is 20.8. The second-order valence-electron chi connectivity index (χ2n) is 5.60. The lowest BCUT2D eigenvalue weighted by atomic mass is 10.1. The van der Waals surface area contributed by atoms with Crippen molar-refractivity contribution in [3.05, 3.63) is 54.2 Å². The van der Waals surface area contributed by atoms with Gasteiger partial charge in [-0.1, -0.05) is 42.5 Å². The van der Waals surface area contributed by atoms with Gasteiger partial charge in [-0.15, -0.1) is 0 Å². The molecule has 0 aliphatic heterocycles. The Labute approximate surface area is 143 Å². The number of aryl methyl sites for hydroxylation is 1. The highest BCUT2D eigenvalue weighted by Gasteiger charge is 2.11. The number of rotatable bonds is 5. The molecule has 4 rings (SSSR count). The third-order valence-corrected chi connectivity index (χ3v) is 5.09. The summed E-state index contributed by atoms with van der Waals surface area (Å²) in [5.41, 5.74) is 4.51. The van der Waals surface area contributed by atoms with E-state index < -0.39 is 6.67 Å². The number of imidazole rings is 1. The van der Waals surface area contributed by atoms with Crippen LogP contribution in [0.3, 0.4) is 0 Å². The molecule has 0 aliphatic carbocycles. The summed E-state index contributed by atoms with van der Waals surface area (Å²) in [6.45, 7) is 1.76. The van der Waals surface area contributed by atoms with Crippen molar-refractivity contribution in [3.8, 4) is 17.0 Å². The second kappa shape index (κ2) is 6.24. The molecule has 0 atom stereocenters. The van der Waals surface area contributed by atoms with E-state index in [0.717, 1.165) is 32.9 Å². The first-order valence-corrected chi connectivity index (χ1v) is 8.80. The van der Waals surface area contributed by atoms with Crippen molar-refractivity contribution in [1.82, 2.24) is 9.38 Å². The lowest BCUT2D eigenvalue weighted by Gasteiger charge is -2.02. The van der Waals surface area contributed by atoms with E-state index in [1.165, 1.54) is 5.56 Å². The summed E-state index contributed by atoms with van der Waals surface area (Å²) in [5.74, 6) is 0.694. The average Bonchev–Trinajstić information content (AvgIpc) is 3.17. The number of hydrogen-bond donors (Lipinski definition) is 0. The molecule has 0 spiro atoms. The maximum atomic E-state index is 12.2. The molecule has 3 nitrogen and oxygen atoms in total. The Morgan fingerprint density at radius 2 is 2.00 bits per heavy atom. The van der Waals surface area contributed by atoms with Gasteiger partial charge in [0.1, 0.15) is 19.0 Å². The van der Waals surface area contributed by atoms with Crippen molar-refractivity contribution in [1.29, 1.82) is 0 Å². The Balaban J connectivity index is 1.72. The number of aromatic nitrogens is 2.